The maximum atomic E-state index is 12.7. The predicted octanol–water partition coefficient (Wildman–Crippen LogP) is 4.37. The predicted molar refractivity (Wildman–Crippen MR) is 101 cm³/mol. The molecule has 2 aromatic rings. The Kier molecular flexibility index (Phi) is 5.08. The summed E-state index contributed by atoms with van der Waals surface area (Å²) < 4.78 is 0. The third kappa shape index (κ3) is 3.69. The average Bonchev–Trinajstić information content (AvgIpc) is 2.95. The molecule has 3 rings (SSSR count). The van der Waals surface area contributed by atoms with Crippen molar-refractivity contribution in [3.8, 4) is 0 Å². The monoisotopic (exact) mass is 356 g/mol. The van der Waals surface area contributed by atoms with Gasteiger partial charge in [-0.25, -0.2) is 0 Å². The Bertz CT molecular complexity index is 809. The maximum Gasteiger partial charge on any atom is 0.269 e. The lowest BCUT2D eigenvalue weighted by atomic mass is 10.1. The van der Waals surface area contributed by atoms with E-state index < -0.39 is 4.92 Å². The first-order valence-electron chi connectivity index (χ1n) is 8.23. The highest BCUT2D eigenvalue weighted by Gasteiger charge is 2.30. The number of thioether (sulfide) groups is 1. The smallest absolute Gasteiger partial charge is 0.269 e. The van der Waals surface area contributed by atoms with E-state index in [9.17, 15) is 14.9 Å². The van der Waals surface area contributed by atoms with Crippen molar-refractivity contribution < 1.29 is 9.72 Å². The fourth-order valence-electron chi connectivity index (χ4n) is 3.20. The number of non-ortho nitro benzene ring substituents is 1. The van der Waals surface area contributed by atoms with Gasteiger partial charge in [0.05, 0.1) is 10.7 Å². The van der Waals surface area contributed by atoms with E-state index in [1.54, 1.807) is 12.1 Å². The molecule has 1 aliphatic rings. The lowest BCUT2D eigenvalue weighted by Gasteiger charge is -2.23. The normalized spacial score (nSPS) is 17.2. The number of fused-ring (bicyclic) bond motifs is 1. The summed E-state index contributed by atoms with van der Waals surface area (Å²) in [5.41, 5.74) is 3.16. The van der Waals surface area contributed by atoms with Crippen molar-refractivity contribution in [1.82, 2.24) is 0 Å². The lowest BCUT2D eigenvalue weighted by molar-refractivity contribution is -0.384. The topological polar surface area (TPSA) is 63.5 Å². The number of amides is 1. The summed E-state index contributed by atoms with van der Waals surface area (Å²) in [6.07, 6.45) is 0.882. The van der Waals surface area contributed by atoms with Gasteiger partial charge in [0.15, 0.2) is 0 Å². The molecule has 0 spiro atoms. The SMILES string of the molecule is C[C@H](SCC(=O)N1c2ccccc2C[C@@H]1C)c1cccc([N+](=O)[O-])c1. The first-order valence-corrected chi connectivity index (χ1v) is 9.28. The molecule has 0 fully saturated rings. The number of hydrogen-bond acceptors (Lipinski definition) is 4. The van der Waals surface area contributed by atoms with Gasteiger partial charge in [-0.05, 0) is 37.5 Å². The maximum absolute atomic E-state index is 12.7. The number of anilines is 1. The number of nitrogens with zero attached hydrogens (tertiary/aromatic N) is 2. The third-order valence-electron chi connectivity index (χ3n) is 4.48. The summed E-state index contributed by atoms with van der Waals surface area (Å²) in [6.45, 7) is 4.03. The van der Waals surface area contributed by atoms with Crippen LogP contribution in [0.3, 0.4) is 0 Å². The van der Waals surface area contributed by atoms with Gasteiger partial charge in [0.25, 0.3) is 5.69 Å². The van der Waals surface area contributed by atoms with E-state index in [1.807, 2.05) is 36.1 Å². The van der Waals surface area contributed by atoms with Crippen LogP contribution < -0.4 is 4.90 Å². The second-order valence-electron chi connectivity index (χ2n) is 6.25. The Morgan fingerprint density at radius 2 is 2.08 bits per heavy atom. The molecule has 0 radical (unpaired) electrons. The van der Waals surface area contributed by atoms with E-state index >= 15 is 0 Å². The Balaban J connectivity index is 1.66. The molecule has 0 unspecified atom stereocenters. The molecule has 25 heavy (non-hydrogen) atoms. The Morgan fingerprint density at radius 3 is 2.84 bits per heavy atom. The van der Waals surface area contributed by atoms with Crippen LogP contribution in [-0.2, 0) is 11.2 Å². The first-order chi connectivity index (χ1) is 12.0. The van der Waals surface area contributed by atoms with Crippen molar-refractivity contribution in [2.75, 3.05) is 10.7 Å². The molecule has 0 aromatic heterocycles. The molecule has 0 saturated carbocycles. The van der Waals surface area contributed by atoms with Crippen LogP contribution in [0.25, 0.3) is 0 Å². The molecule has 5 nitrogen and oxygen atoms in total. The van der Waals surface area contributed by atoms with Crippen LogP contribution in [0.2, 0.25) is 0 Å². The molecule has 1 aliphatic heterocycles. The van der Waals surface area contributed by atoms with Gasteiger partial charge in [-0.15, -0.1) is 11.8 Å². The minimum Gasteiger partial charge on any atom is -0.308 e. The first kappa shape index (κ1) is 17.5. The van der Waals surface area contributed by atoms with Crippen molar-refractivity contribution in [3.05, 3.63) is 69.8 Å². The lowest BCUT2D eigenvalue weighted by Crippen LogP contribution is -2.37. The molecule has 1 amide bonds. The third-order valence-corrected chi connectivity index (χ3v) is 5.67. The van der Waals surface area contributed by atoms with Gasteiger partial charge >= 0.3 is 0 Å². The van der Waals surface area contributed by atoms with Crippen molar-refractivity contribution in [1.29, 1.82) is 0 Å². The Morgan fingerprint density at radius 1 is 1.32 bits per heavy atom. The number of benzene rings is 2. The fraction of sp³-hybridized carbons (Fsp3) is 0.316. The molecular formula is C19H20N2O3S. The molecule has 0 aliphatic carbocycles. The van der Waals surface area contributed by atoms with E-state index in [0.29, 0.717) is 5.75 Å². The number of carbonyl (C=O) groups excluding carboxylic acids is 1. The Hall–Kier alpha value is -2.34. The van der Waals surface area contributed by atoms with Crippen molar-refractivity contribution in [3.63, 3.8) is 0 Å². The van der Waals surface area contributed by atoms with Crippen molar-refractivity contribution in [2.24, 2.45) is 0 Å². The van der Waals surface area contributed by atoms with Crippen LogP contribution in [0.15, 0.2) is 48.5 Å². The summed E-state index contributed by atoms with van der Waals surface area (Å²) in [5.74, 6) is 0.433. The van der Waals surface area contributed by atoms with Crippen LogP contribution in [0.1, 0.15) is 30.2 Å². The van der Waals surface area contributed by atoms with E-state index in [0.717, 1.165) is 17.7 Å². The summed E-state index contributed by atoms with van der Waals surface area (Å²) in [6, 6.07) is 14.8. The molecule has 6 heteroatoms. The molecule has 0 N–H and O–H groups in total. The standard InChI is InChI=1S/C19H20N2O3S/c1-13-10-16-6-3-4-9-18(16)20(13)19(22)12-25-14(2)15-7-5-8-17(11-15)21(23)24/h3-9,11,13-14H,10,12H2,1-2H3/t13-,14-/m0/s1. The summed E-state index contributed by atoms with van der Waals surface area (Å²) in [7, 11) is 0. The Labute approximate surface area is 151 Å². The zero-order chi connectivity index (χ0) is 18.0. The van der Waals surface area contributed by atoms with Gasteiger partial charge in [-0.2, -0.15) is 0 Å². The second kappa shape index (κ2) is 7.27. The van der Waals surface area contributed by atoms with Gasteiger partial charge < -0.3 is 4.90 Å². The highest BCUT2D eigenvalue weighted by Crippen LogP contribution is 2.34. The summed E-state index contributed by atoms with van der Waals surface area (Å²) in [5, 5.41) is 10.9. The van der Waals surface area contributed by atoms with Crippen LogP contribution in [-0.4, -0.2) is 22.6 Å². The summed E-state index contributed by atoms with van der Waals surface area (Å²) in [4.78, 5) is 25.1. The molecule has 0 bridgehead atoms. The minimum atomic E-state index is -0.394. The van der Waals surface area contributed by atoms with Gasteiger partial charge in [0.1, 0.15) is 0 Å². The zero-order valence-corrected chi connectivity index (χ0v) is 15.0. The molecule has 2 aromatic carbocycles. The molecule has 130 valence electrons. The quantitative estimate of drug-likeness (QED) is 0.589. The van der Waals surface area contributed by atoms with Gasteiger partial charge in [-0.3, -0.25) is 14.9 Å². The van der Waals surface area contributed by atoms with Crippen LogP contribution >= 0.6 is 11.8 Å². The highest BCUT2D eigenvalue weighted by atomic mass is 32.2. The average molecular weight is 356 g/mol. The van der Waals surface area contributed by atoms with E-state index in [1.165, 1.54) is 23.4 Å². The highest BCUT2D eigenvalue weighted by molar-refractivity contribution is 8.00. The number of hydrogen-bond donors (Lipinski definition) is 0. The number of nitro benzene ring substituents is 1. The van der Waals surface area contributed by atoms with Crippen LogP contribution in [0, 0.1) is 10.1 Å². The van der Waals surface area contributed by atoms with Gasteiger partial charge in [0, 0.05) is 29.1 Å². The molecule has 1 heterocycles. The molecule has 2 atom stereocenters. The second-order valence-corrected chi connectivity index (χ2v) is 7.58. The molecule has 0 saturated heterocycles. The van der Waals surface area contributed by atoms with Crippen LogP contribution in [0.4, 0.5) is 11.4 Å². The minimum absolute atomic E-state index is 0.0111. The largest absolute Gasteiger partial charge is 0.308 e. The fourth-order valence-corrected chi connectivity index (χ4v) is 4.07. The van der Waals surface area contributed by atoms with E-state index in [-0.39, 0.29) is 22.9 Å². The van der Waals surface area contributed by atoms with E-state index in [4.69, 9.17) is 0 Å². The number of carbonyl (C=O) groups is 1. The van der Waals surface area contributed by atoms with Gasteiger partial charge in [-0.1, -0.05) is 30.3 Å². The van der Waals surface area contributed by atoms with Crippen molar-refractivity contribution in [2.45, 2.75) is 31.6 Å². The number of rotatable bonds is 5. The van der Waals surface area contributed by atoms with E-state index in [2.05, 4.69) is 13.0 Å². The van der Waals surface area contributed by atoms with Crippen molar-refractivity contribution >= 4 is 29.0 Å². The van der Waals surface area contributed by atoms with Crippen LogP contribution in [0.5, 0.6) is 0 Å². The summed E-state index contributed by atoms with van der Waals surface area (Å²) >= 11 is 1.51. The zero-order valence-electron chi connectivity index (χ0n) is 14.2. The molecular weight excluding hydrogens is 336 g/mol. The number of nitro groups is 1. The number of para-hydroxylation sites is 1. The van der Waals surface area contributed by atoms with Gasteiger partial charge in [0.2, 0.25) is 5.91 Å².